The van der Waals surface area contributed by atoms with Gasteiger partial charge in [-0.25, -0.2) is 21.8 Å². The van der Waals surface area contributed by atoms with Crippen LogP contribution in [0.2, 0.25) is 0 Å². The van der Waals surface area contributed by atoms with Crippen molar-refractivity contribution >= 4 is 42.1 Å². The summed E-state index contributed by atoms with van der Waals surface area (Å²) < 4.78 is 50.4. The number of fused-ring (bicyclic) bond motifs is 3. The summed E-state index contributed by atoms with van der Waals surface area (Å²) >= 11 is 0. The fourth-order valence-electron chi connectivity index (χ4n) is 3.73. The van der Waals surface area contributed by atoms with Crippen molar-refractivity contribution in [2.75, 3.05) is 17.8 Å². The molecule has 0 atom stereocenters. The molecule has 0 spiro atoms. The van der Waals surface area contributed by atoms with Crippen LogP contribution < -0.4 is 5.32 Å². The van der Waals surface area contributed by atoms with Gasteiger partial charge in [-0.3, -0.25) is 0 Å². The van der Waals surface area contributed by atoms with Gasteiger partial charge in [-0.05, 0) is 49.2 Å². The van der Waals surface area contributed by atoms with Crippen LogP contribution in [0.5, 0.6) is 0 Å². The Balaban J connectivity index is 1.75. The number of sulfone groups is 2. The number of nitrogens with one attached hydrogen (secondary N) is 1. The van der Waals surface area contributed by atoms with Crippen LogP contribution in [0.25, 0.3) is 11.0 Å². The third-order valence-electron chi connectivity index (χ3n) is 5.17. The lowest BCUT2D eigenvalue weighted by Crippen LogP contribution is -2.06. The van der Waals surface area contributed by atoms with Crippen LogP contribution in [0.15, 0.2) is 46.2 Å². The van der Waals surface area contributed by atoms with Gasteiger partial charge in [0, 0.05) is 31.2 Å². The zero-order valence-electron chi connectivity index (χ0n) is 16.3. The van der Waals surface area contributed by atoms with Gasteiger partial charge in [-0.15, -0.1) is 0 Å². The normalized spacial score (nSPS) is 15.1. The summed E-state index contributed by atoms with van der Waals surface area (Å²) in [6, 6.07) is 9.87. The van der Waals surface area contributed by atoms with Gasteiger partial charge in [0.15, 0.2) is 19.7 Å². The van der Waals surface area contributed by atoms with Crippen LogP contribution in [-0.4, -0.2) is 38.9 Å². The van der Waals surface area contributed by atoms with Gasteiger partial charge in [0.25, 0.3) is 0 Å². The number of aromatic nitrogens is 2. The quantitative estimate of drug-likeness (QED) is 0.678. The van der Waals surface area contributed by atoms with Crippen LogP contribution in [0, 0.1) is 0 Å². The average Bonchev–Trinajstić information content (AvgIpc) is 2.80. The summed E-state index contributed by atoms with van der Waals surface area (Å²) in [6.07, 6.45) is 6.57. The Morgan fingerprint density at radius 3 is 2.45 bits per heavy atom. The second-order valence-electron chi connectivity index (χ2n) is 7.52. The highest BCUT2D eigenvalue weighted by Crippen LogP contribution is 2.30. The number of hydrogen-bond donors (Lipinski definition) is 1. The van der Waals surface area contributed by atoms with E-state index in [1.165, 1.54) is 24.6 Å². The maximum absolute atomic E-state index is 12.3. The monoisotopic (exact) mass is 433 g/mol. The van der Waals surface area contributed by atoms with Crippen molar-refractivity contribution in [3.05, 3.63) is 42.2 Å². The van der Waals surface area contributed by atoms with Crippen molar-refractivity contribution in [3.8, 4) is 0 Å². The molecule has 0 radical (unpaired) electrons. The molecule has 0 fully saturated rings. The van der Waals surface area contributed by atoms with Crippen LogP contribution in [0.3, 0.4) is 0 Å². The van der Waals surface area contributed by atoms with Crippen LogP contribution >= 0.6 is 0 Å². The van der Waals surface area contributed by atoms with Gasteiger partial charge in [0.1, 0.15) is 5.82 Å². The number of benzene rings is 2. The average molecular weight is 434 g/mol. The van der Waals surface area contributed by atoms with E-state index in [-0.39, 0.29) is 9.79 Å². The molecule has 7 nitrogen and oxygen atoms in total. The maximum atomic E-state index is 12.3. The molecular weight excluding hydrogens is 410 g/mol. The van der Waals surface area contributed by atoms with Crippen molar-refractivity contribution in [1.82, 2.24) is 9.55 Å². The second-order valence-corrected chi connectivity index (χ2v) is 11.5. The highest BCUT2D eigenvalue weighted by Gasteiger charge is 2.19. The Labute approximate surface area is 170 Å². The third kappa shape index (κ3) is 4.02. The van der Waals surface area contributed by atoms with Crippen LogP contribution in [-0.2, 0) is 32.6 Å². The van der Waals surface area contributed by atoms with E-state index in [0.717, 1.165) is 55.2 Å². The number of anilines is 2. The topological polar surface area (TPSA) is 98.1 Å². The maximum Gasteiger partial charge on any atom is 0.177 e. The lowest BCUT2D eigenvalue weighted by molar-refractivity contribution is 0.600. The number of nitrogens with zero attached hydrogens (tertiary/aromatic N) is 2. The minimum atomic E-state index is -3.63. The molecule has 2 heterocycles. The first-order chi connectivity index (χ1) is 13.6. The molecule has 9 heteroatoms. The zero-order chi connectivity index (χ0) is 20.8. The lowest BCUT2D eigenvalue weighted by atomic mass is 10.2. The predicted molar refractivity (Wildman–Crippen MR) is 113 cm³/mol. The molecule has 4 rings (SSSR count). The molecule has 0 saturated heterocycles. The lowest BCUT2D eigenvalue weighted by Gasteiger charge is -2.13. The Hall–Kier alpha value is -2.39. The van der Waals surface area contributed by atoms with E-state index in [1.54, 1.807) is 0 Å². The highest BCUT2D eigenvalue weighted by molar-refractivity contribution is 7.91. The number of imidazole rings is 1. The molecule has 1 aliphatic heterocycles. The molecule has 2 aromatic carbocycles. The molecule has 0 amide bonds. The molecule has 0 aliphatic carbocycles. The fraction of sp³-hybridized carbons (Fsp3) is 0.350. The van der Waals surface area contributed by atoms with Gasteiger partial charge in [0.2, 0.25) is 0 Å². The first-order valence-corrected chi connectivity index (χ1v) is 13.2. The summed E-state index contributed by atoms with van der Waals surface area (Å²) in [5, 5.41) is 3.12. The summed E-state index contributed by atoms with van der Waals surface area (Å²) in [5.74, 6) is 1.09. The molecule has 154 valence electrons. The van der Waals surface area contributed by atoms with E-state index < -0.39 is 19.7 Å². The summed E-state index contributed by atoms with van der Waals surface area (Å²) in [6.45, 7) is 0.962. The Bertz CT molecular complexity index is 1310. The SMILES string of the molecule is CS(=O)(=O)c1ccc(Nc2ccc3c(c2)nc2n3CCCCC2)c(S(C)(=O)=O)c1. The van der Waals surface area contributed by atoms with Gasteiger partial charge in [0.05, 0.1) is 26.5 Å². The van der Waals surface area contributed by atoms with E-state index >= 15 is 0 Å². The van der Waals surface area contributed by atoms with Crippen molar-refractivity contribution in [3.63, 3.8) is 0 Å². The van der Waals surface area contributed by atoms with E-state index in [1.807, 2.05) is 18.2 Å². The van der Waals surface area contributed by atoms with Crippen molar-refractivity contribution in [1.29, 1.82) is 0 Å². The van der Waals surface area contributed by atoms with Crippen LogP contribution in [0.1, 0.15) is 25.1 Å². The Kier molecular flexibility index (Phi) is 4.90. The molecule has 0 bridgehead atoms. The molecular formula is C20H23N3O4S2. The summed E-state index contributed by atoms with van der Waals surface area (Å²) in [7, 11) is -7.15. The molecule has 3 aromatic rings. The first kappa shape index (κ1) is 19.9. The van der Waals surface area contributed by atoms with E-state index in [2.05, 4.69) is 9.88 Å². The molecule has 1 aromatic heterocycles. The molecule has 1 aliphatic rings. The second kappa shape index (κ2) is 7.14. The zero-order valence-corrected chi connectivity index (χ0v) is 18.0. The molecule has 1 N–H and O–H groups in total. The molecule has 29 heavy (non-hydrogen) atoms. The number of rotatable bonds is 4. The summed E-state index contributed by atoms with van der Waals surface area (Å²) in [4.78, 5) is 4.67. The predicted octanol–water partition coefficient (Wildman–Crippen LogP) is 3.31. The molecule has 0 unspecified atom stereocenters. The summed E-state index contributed by atoms with van der Waals surface area (Å²) in [5.41, 5.74) is 2.96. The van der Waals surface area contributed by atoms with Gasteiger partial charge >= 0.3 is 0 Å². The highest BCUT2D eigenvalue weighted by atomic mass is 32.2. The van der Waals surface area contributed by atoms with E-state index in [0.29, 0.717) is 11.4 Å². The number of aryl methyl sites for hydroxylation is 2. The van der Waals surface area contributed by atoms with E-state index in [4.69, 9.17) is 4.98 Å². The van der Waals surface area contributed by atoms with Crippen molar-refractivity contribution in [2.45, 2.75) is 42.0 Å². The van der Waals surface area contributed by atoms with Gasteiger partial charge < -0.3 is 9.88 Å². The standard InChI is InChI=1S/C20H23N3O4S2/c1-28(24,25)15-8-9-16(19(13-15)29(2,26)27)21-14-7-10-18-17(12-14)22-20-6-4-3-5-11-23(18)20/h7-10,12-13,21H,3-6,11H2,1-2H3. The molecule has 0 saturated carbocycles. The number of hydrogen-bond acceptors (Lipinski definition) is 6. The minimum absolute atomic E-state index is 0.0308. The Morgan fingerprint density at radius 1 is 0.931 bits per heavy atom. The minimum Gasteiger partial charge on any atom is -0.354 e. The third-order valence-corrected chi connectivity index (χ3v) is 7.42. The smallest absolute Gasteiger partial charge is 0.177 e. The van der Waals surface area contributed by atoms with E-state index in [9.17, 15) is 16.8 Å². The van der Waals surface area contributed by atoms with Gasteiger partial charge in [-0.2, -0.15) is 0 Å². The van der Waals surface area contributed by atoms with Gasteiger partial charge in [-0.1, -0.05) is 6.42 Å². The fourth-order valence-corrected chi connectivity index (χ4v) is 5.31. The van der Waals surface area contributed by atoms with Crippen LogP contribution in [0.4, 0.5) is 11.4 Å². The van der Waals surface area contributed by atoms with Crippen molar-refractivity contribution in [2.24, 2.45) is 0 Å². The first-order valence-electron chi connectivity index (χ1n) is 9.43. The largest absolute Gasteiger partial charge is 0.354 e. The van der Waals surface area contributed by atoms with Crippen molar-refractivity contribution < 1.29 is 16.8 Å². The Morgan fingerprint density at radius 2 is 1.72 bits per heavy atom.